The molecule has 0 saturated heterocycles. The highest BCUT2D eigenvalue weighted by Gasteiger charge is 2.15. The van der Waals surface area contributed by atoms with Crippen molar-refractivity contribution in [3.05, 3.63) is 71.4 Å². The Morgan fingerprint density at radius 2 is 1.97 bits per heavy atom. The van der Waals surface area contributed by atoms with Crippen LogP contribution in [0.1, 0.15) is 35.9 Å². The van der Waals surface area contributed by atoms with E-state index in [2.05, 4.69) is 30.7 Å². The zero-order valence-electron chi connectivity index (χ0n) is 19.2. The van der Waals surface area contributed by atoms with Gasteiger partial charge in [-0.15, -0.1) is 0 Å². The Bertz CT molecular complexity index is 1340. The molecule has 4 aromatic rings. The van der Waals surface area contributed by atoms with Crippen LogP contribution < -0.4 is 15.4 Å². The third kappa shape index (κ3) is 5.15. The average molecular weight is 478 g/mol. The number of halogens is 1. The lowest BCUT2D eigenvalue weighted by molar-refractivity contribution is 0.102. The van der Waals surface area contributed by atoms with Gasteiger partial charge in [-0.25, -0.2) is 9.97 Å². The Morgan fingerprint density at radius 3 is 2.68 bits per heavy atom. The van der Waals surface area contributed by atoms with Gasteiger partial charge in [0.15, 0.2) is 0 Å². The predicted molar refractivity (Wildman–Crippen MR) is 132 cm³/mol. The summed E-state index contributed by atoms with van der Waals surface area (Å²) >= 11 is 6.35. The molecule has 0 saturated carbocycles. The number of aryl methyl sites for hydroxylation is 1. The maximum atomic E-state index is 12.7. The van der Waals surface area contributed by atoms with E-state index in [4.69, 9.17) is 16.3 Å². The SMILES string of the molecule is COc1cc(C(=O)Nc2ccnc(C)c2)ccc1Nc1ncc(Cl)c(-c2cnn(C(C)C)c2)n1. The highest BCUT2D eigenvalue weighted by Crippen LogP contribution is 2.31. The summed E-state index contributed by atoms with van der Waals surface area (Å²) in [4.78, 5) is 25.7. The molecule has 9 nitrogen and oxygen atoms in total. The van der Waals surface area contributed by atoms with E-state index in [-0.39, 0.29) is 11.9 Å². The number of hydrogen-bond donors (Lipinski definition) is 2. The lowest BCUT2D eigenvalue weighted by Crippen LogP contribution is -2.12. The quantitative estimate of drug-likeness (QED) is 0.372. The van der Waals surface area contributed by atoms with Gasteiger partial charge in [0.05, 0.1) is 35.9 Å². The van der Waals surface area contributed by atoms with Gasteiger partial charge >= 0.3 is 0 Å². The molecule has 0 bridgehead atoms. The van der Waals surface area contributed by atoms with Gasteiger partial charge in [-0.3, -0.25) is 14.5 Å². The average Bonchev–Trinajstić information content (AvgIpc) is 3.31. The maximum Gasteiger partial charge on any atom is 0.255 e. The molecule has 10 heteroatoms. The largest absolute Gasteiger partial charge is 0.495 e. The molecule has 174 valence electrons. The number of nitrogens with zero attached hydrogens (tertiary/aromatic N) is 5. The van der Waals surface area contributed by atoms with Crippen molar-refractivity contribution in [3.8, 4) is 17.0 Å². The summed E-state index contributed by atoms with van der Waals surface area (Å²) in [5.74, 6) is 0.536. The van der Waals surface area contributed by atoms with E-state index in [1.807, 2.05) is 31.6 Å². The summed E-state index contributed by atoms with van der Waals surface area (Å²) in [6.45, 7) is 5.94. The van der Waals surface area contributed by atoms with Crippen LogP contribution >= 0.6 is 11.6 Å². The molecule has 0 atom stereocenters. The second kappa shape index (κ2) is 9.88. The highest BCUT2D eigenvalue weighted by molar-refractivity contribution is 6.32. The van der Waals surface area contributed by atoms with E-state index >= 15 is 0 Å². The number of anilines is 3. The monoisotopic (exact) mass is 477 g/mol. The third-order valence-electron chi connectivity index (χ3n) is 5.01. The first-order valence-electron chi connectivity index (χ1n) is 10.6. The van der Waals surface area contributed by atoms with Gasteiger partial charge in [0.1, 0.15) is 5.75 Å². The van der Waals surface area contributed by atoms with E-state index < -0.39 is 0 Å². The summed E-state index contributed by atoms with van der Waals surface area (Å²) in [6.07, 6.45) is 6.79. The predicted octanol–water partition coefficient (Wildman–Crippen LogP) is 5.28. The van der Waals surface area contributed by atoms with Gasteiger partial charge in [0.2, 0.25) is 5.95 Å². The summed E-state index contributed by atoms with van der Waals surface area (Å²) in [7, 11) is 1.53. The van der Waals surface area contributed by atoms with Crippen LogP contribution in [-0.4, -0.2) is 37.7 Å². The fraction of sp³-hybridized carbons (Fsp3) is 0.208. The third-order valence-corrected chi connectivity index (χ3v) is 5.29. The molecule has 0 radical (unpaired) electrons. The molecular weight excluding hydrogens is 454 g/mol. The Kier molecular flexibility index (Phi) is 6.74. The van der Waals surface area contributed by atoms with Crippen LogP contribution in [0.25, 0.3) is 11.3 Å². The summed E-state index contributed by atoms with van der Waals surface area (Å²) < 4.78 is 7.33. The van der Waals surface area contributed by atoms with E-state index in [1.54, 1.807) is 42.7 Å². The molecule has 0 aliphatic rings. The Balaban J connectivity index is 1.56. The van der Waals surface area contributed by atoms with E-state index in [1.165, 1.54) is 13.3 Å². The number of methoxy groups -OCH3 is 1. The molecule has 0 fully saturated rings. The van der Waals surface area contributed by atoms with Crippen LogP contribution in [-0.2, 0) is 0 Å². The maximum absolute atomic E-state index is 12.7. The minimum Gasteiger partial charge on any atom is -0.495 e. The van der Waals surface area contributed by atoms with Crippen LogP contribution in [0.5, 0.6) is 5.75 Å². The number of carbonyl (C=O) groups is 1. The summed E-state index contributed by atoms with van der Waals surface area (Å²) in [6, 6.07) is 8.82. The van der Waals surface area contributed by atoms with Crippen molar-refractivity contribution in [1.29, 1.82) is 0 Å². The lowest BCUT2D eigenvalue weighted by Gasteiger charge is -2.13. The summed E-state index contributed by atoms with van der Waals surface area (Å²) in [5, 5.41) is 10.8. The number of nitrogens with one attached hydrogen (secondary N) is 2. The van der Waals surface area contributed by atoms with Crippen molar-refractivity contribution >= 4 is 34.8 Å². The number of ether oxygens (including phenoxy) is 1. The van der Waals surface area contributed by atoms with Crippen LogP contribution in [0.15, 0.2) is 55.1 Å². The number of pyridine rings is 1. The number of amides is 1. The molecule has 0 spiro atoms. The Labute approximate surface area is 202 Å². The van der Waals surface area contributed by atoms with Gasteiger partial charge < -0.3 is 15.4 Å². The van der Waals surface area contributed by atoms with Crippen molar-refractivity contribution < 1.29 is 9.53 Å². The Hall–Kier alpha value is -3.98. The van der Waals surface area contributed by atoms with Crippen LogP contribution in [0.2, 0.25) is 5.02 Å². The van der Waals surface area contributed by atoms with Crippen molar-refractivity contribution in [1.82, 2.24) is 24.7 Å². The first-order chi connectivity index (χ1) is 16.3. The normalized spacial score (nSPS) is 10.9. The molecule has 34 heavy (non-hydrogen) atoms. The molecule has 4 rings (SSSR count). The second-order valence-corrected chi connectivity index (χ2v) is 8.28. The van der Waals surface area contributed by atoms with Crippen molar-refractivity contribution in [2.45, 2.75) is 26.8 Å². The first-order valence-corrected chi connectivity index (χ1v) is 11.0. The highest BCUT2D eigenvalue weighted by atomic mass is 35.5. The fourth-order valence-corrected chi connectivity index (χ4v) is 3.46. The molecule has 3 heterocycles. The van der Waals surface area contributed by atoms with Crippen LogP contribution in [0.3, 0.4) is 0 Å². The second-order valence-electron chi connectivity index (χ2n) is 7.87. The minimum atomic E-state index is -0.261. The van der Waals surface area contributed by atoms with Crippen molar-refractivity contribution in [3.63, 3.8) is 0 Å². The zero-order chi connectivity index (χ0) is 24.2. The van der Waals surface area contributed by atoms with Gasteiger partial charge in [0.25, 0.3) is 5.91 Å². The molecule has 0 aliphatic heterocycles. The topological polar surface area (TPSA) is 107 Å². The van der Waals surface area contributed by atoms with Crippen molar-refractivity contribution in [2.75, 3.05) is 17.7 Å². The van der Waals surface area contributed by atoms with Crippen LogP contribution in [0.4, 0.5) is 17.3 Å². The fourth-order valence-electron chi connectivity index (χ4n) is 3.26. The number of rotatable bonds is 7. The van der Waals surface area contributed by atoms with Gasteiger partial charge in [0, 0.05) is 40.9 Å². The van der Waals surface area contributed by atoms with Gasteiger partial charge in [-0.2, -0.15) is 5.10 Å². The molecule has 3 aromatic heterocycles. The van der Waals surface area contributed by atoms with Gasteiger partial charge in [-0.05, 0) is 51.1 Å². The standard InChI is InChI=1S/C24H24ClN7O2/c1-14(2)32-13-17(11-28-32)22-19(25)12-27-24(31-22)30-20-6-5-16(10-21(20)34-4)23(33)29-18-7-8-26-15(3)9-18/h5-14H,1-4H3,(H,26,29,33)(H,27,30,31). The zero-order valence-corrected chi connectivity index (χ0v) is 20.0. The number of aromatic nitrogens is 5. The van der Waals surface area contributed by atoms with Gasteiger partial charge in [-0.1, -0.05) is 11.6 Å². The Morgan fingerprint density at radius 1 is 1.15 bits per heavy atom. The number of hydrogen-bond acceptors (Lipinski definition) is 7. The number of benzene rings is 1. The van der Waals surface area contributed by atoms with E-state index in [0.717, 1.165) is 11.3 Å². The molecule has 2 N–H and O–H groups in total. The molecule has 0 aliphatic carbocycles. The van der Waals surface area contributed by atoms with Crippen molar-refractivity contribution in [2.24, 2.45) is 0 Å². The first kappa shape index (κ1) is 23.2. The van der Waals surface area contributed by atoms with Crippen LogP contribution in [0, 0.1) is 6.92 Å². The molecule has 0 unspecified atom stereocenters. The molecule has 1 amide bonds. The molecular formula is C24H24ClN7O2. The number of carbonyl (C=O) groups excluding carboxylic acids is 1. The molecule has 1 aromatic carbocycles. The minimum absolute atomic E-state index is 0.217. The van der Waals surface area contributed by atoms with E-state index in [0.29, 0.717) is 39.4 Å². The lowest BCUT2D eigenvalue weighted by atomic mass is 10.1. The smallest absolute Gasteiger partial charge is 0.255 e. The summed E-state index contributed by atoms with van der Waals surface area (Å²) in [5.41, 5.74) is 3.87. The van der Waals surface area contributed by atoms with E-state index in [9.17, 15) is 4.79 Å².